The van der Waals surface area contributed by atoms with Gasteiger partial charge in [0.15, 0.2) is 0 Å². The van der Waals surface area contributed by atoms with Crippen LogP contribution >= 0.6 is 0 Å². The number of amides is 3. The van der Waals surface area contributed by atoms with Gasteiger partial charge in [-0.1, -0.05) is 18.2 Å². The van der Waals surface area contributed by atoms with Crippen molar-refractivity contribution in [1.29, 1.82) is 0 Å². The summed E-state index contributed by atoms with van der Waals surface area (Å²) in [6.45, 7) is 0. The van der Waals surface area contributed by atoms with Gasteiger partial charge in [0.2, 0.25) is 0 Å². The van der Waals surface area contributed by atoms with Crippen molar-refractivity contribution in [3.8, 4) is 0 Å². The summed E-state index contributed by atoms with van der Waals surface area (Å²) >= 11 is 0. The number of carbonyl (C=O) groups is 2. The number of para-hydroxylation sites is 1. The molecule has 3 amide bonds. The first-order chi connectivity index (χ1) is 7.75. The fourth-order valence-electron chi connectivity index (χ4n) is 1.97. The highest BCUT2D eigenvalue weighted by atomic mass is 16.2. The molecule has 16 heavy (non-hydrogen) atoms. The van der Waals surface area contributed by atoms with E-state index in [2.05, 4.69) is 15.6 Å². The van der Waals surface area contributed by atoms with Gasteiger partial charge in [0, 0.05) is 22.7 Å². The summed E-state index contributed by atoms with van der Waals surface area (Å²) < 4.78 is 0. The molecule has 3 rings (SSSR count). The number of H-pyrrole nitrogens is 1. The van der Waals surface area contributed by atoms with E-state index in [-0.39, 0.29) is 5.91 Å². The SMILES string of the molecule is O=C1NC(=O)[C@H](c2c[nH]c3ccccc23)N1. The highest BCUT2D eigenvalue weighted by Gasteiger charge is 2.32. The first kappa shape index (κ1) is 8.96. The molecule has 1 fully saturated rings. The zero-order valence-corrected chi connectivity index (χ0v) is 8.28. The lowest BCUT2D eigenvalue weighted by atomic mass is 10.1. The summed E-state index contributed by atoms with van der Waals surface area (Å²) in [5, 5.41) is 5.74. The number of benzene rings is 1. The summed E-state index contributed by atoms with van der Waals surface area (Å²) in [4.78, 5) is 25.6. The molecule has 0 spiro atoms. The summed E-state index contributed by atoms with van der Waals surface area (Å²) in [6, 6.07) is 6.61. The van der Waals surface area contributed by atoms with Crippen molar-refractivity contribution in [2.24, 2.45) is 0 Å². The largest absolute Gasteiger partial charge is 0.361 e. The van der Waals surface area contributed by atoms with Gasteiger partial charge in [0.25, 0.3) is 5.91 Å². The Morgan fingerprint density at radius 3 is 2.69 bits per heavy atom. The second-order valence-electron chi connectivity index (χ2n) is 3.69. The minimum atomic E-state index is -0.594. The van der Waals surface area contributed by atoms with Crippen molar-refractivity contribution in [3.05, 3.63) is 36.0 Å². The van der Waals surface area contributed by atoms with Gasteiger partial charge in [-0.05, 0) is 6.07 Å². The van der Waals surface area contributed by atoms with Crippen molar-refractivity contribution in [1.82, 2.24) is 15.6 Å². The number of imide groups is 1. The Hall–Kier alpha value is -2.30. The van der Waals surface area contributed by atoms with E-state index in [9.17, 15) is 9.59 Å². The third kappa shape index (κ3) is 1.18. The molecule has 2 aromatic rings. The van der Waals surface area contributed by atoms with E-state index in [1.54, 1.807) is 6.20 Å². The van der Waals surface area contributed by atoms with Gasteiger partial charge in [0.1, 0.15) is 6.04 Å². The Balaban J connectivity index is 2.13. The number of aromatic amines is 1. The molecule has 2 heterocycles. The van der Waals surface area contributed by atoms with Crippen molar-refractivity contribution in [2.75, 3.05) is 0 Å². The van der Waals surface area contributed by atoms with Crippen molar-refractivity contribution in [2.45, 2.75) is 6.04 Å². The quantitative estimate of drug-likeness (QED) is 0.622. The van der Waals surface area contributed by atoms with Crippen LogP contribution in [0.15, 0.2) is 30.5 Å². The van der Waals surface area contributed by atoms with Gasteiger partial charge in [-0.2, -0.15) is 0 Å². The molecule has 1 aromatic carbocycles. The maximum absolute atomic E-state index is 11.5. The molecule has 1 saturated heterocycles. The fraction of sp³-hybridized carbons (Fsp3) is 0.0909. The molecule has 3 N–H and O–H groups in total. The smallest absolute Gasteiger partial charge is 0.322 e. The summed E-state index contributed by atoms with van der Waals surface area (Å²) in [7, 11) is 0. The maximum atomic E-state index is 11.5. The number of fused-ring (bicyclic) bond motifs is 1. The topological polar surface area (TPSA) is 74.0 Å². The molecule has 0 radical (unpaired) electrons. The lowest BCUT2D eigenvalue weighted by Crippen LogP contribution is -2.22. The number of urea groups is 1. The van der Waals surface area contributed by atoms with Gasteiger partial charge in [-0.15, -0.1) is 0 Å². The Labute approximate surface area is 90.8 Å². The minimum Gasteiger partial charge on any atom is -0.361 e. The molecule has 5 nitrogen and oxygen atoms in total. The van der Waals surface area contributed by atoms with Crippen LogP contribution in [-0.4, -0.2) is 16.9 Å². The molecule has 1 aliphatic rings. The molecule has 1 aromatic heterocycles. The lowest BCUT2D eigenvalue weighted by molar-refractivity contribution is -0.120. The van der Waals surface area contributed by atoms with Crippen LogP contribution in [-0.2, 0) is 4.79 Å². The number of hydrogen-bond acceptors (Lipinski definition) is 2. The molecular formula is C11H9N3O2. The van der Waals surface area contributed by atoms with E-state index in [0.29, 0.717) is 0 Å². The van der Waals surface area contributed by atoms with Crippen LogP contribution in [0, 0.1) is 0 Å². The number of hydrogen-bond donors (Lipinski definition) is 3. The fourth-order valence-corrected chi connectivity index (χ4v) is 1.97. The third-order valence-electron chi connectivity index (χ3n) is 2.71. The van der Waals surface area contributed by atoms with Crippen LogP contribution in [0.5, 0.6) is 0 Å². The van der Waals surface area contributed by atoms with Crippen LogP contribution in [0.1, 0.15) is 11.6 Å². The number of rotatable bonds is 1. The van der Waals surface area contributed by atoms with Gasteiger partial charge >= 0.3 is 6.03 Å². The monoisotopic (exact) mass is 215 g/mol. The second kappa shape index (κ2) is 3.10. The number of aromatic nitrogens is 1. The van der Waals surface area contributed by atoms with Crippen LogP contribution < -0.4 is 10.6 Å². The molecule has 1 aliphatic heterocycles. The van der Waals surface area contributed by atoms with E-state index < -0.39 is 12.1 Å². The van der Waals surface area contributed by atoms with E-state index in [1.807, 2.05) is 24.3 Å². The number of nitrogens with one attached hydrogen (secondary N) is 3. The van der Waals surface area contributed by atoms with Crippen LogP contribution in [0.3, 0.4) is 0 Å². The highest BCUT2D eigenvalue weighted by Crippen LogP contribution is 2.25. The van der Waals surface area contributed by atoms with Crippen molar-refractivity contribution >= 4 is 22.8 Å². The molecular weight excluding hydrogens is 206 g/mol. The molecule has 5 heteroatoms. The van der Waals surface area contributed by atoms with Crippen molar-refractivity contribution < 1.29 is 9.59 Å². The predicted molar refractivity (Wildman–Crippen MR) is 57.7 cm³/mol. The van der Waals surface area contributed by atoms with Crippen LogP contribution in [0.25, 0.3) is 10.9 Å². The summed E-state index contributed by atoms with van der Waals surface area (Å²) in [5.41, 5.74) is 1.74. The normalized spacial score (nSPS) is 19.9. The molecule has 80 valence electrons. The maximum Gasteiger partial charge on any atom is 0.322 e. The molecule has 0 unspecified atom stereocenters. The van der Waals surface area contributed by atoms with Gasteiger partial charge in [0.05, 0.1) is 0 Å². The van der Waals surface area contributed by atoms with Gasteiger partial charge in [-0.25, -0.2) is 4.79 Å². The van der Waals surface area contributed by atoms with E-state index in [4.69, 9.17) is 0 Å². The average molecular weight is 215 g/mol. The summed E-state index contributed by atoms with van der Waals surface area (Å²) in [6.07, 6.45) is 1.75. The average Bonchev–Trinajstić information content (AvgIpc) is 2.81. The first-order valence-electron chi connectivity index (χ1n) is 4.93. The van der Waals surface area contributed by atoms with Crippen LogP contribution in [0.2, 0.25) is 0 Å². The summed E-state index contributed by atoms with van der Waals surface area (Å²) in [5.74, 6) is -0.310. The Kier molecular flexibility index (Phi) is 1.73. The Morgan fingerprint density at radius 2 is 1.94 bits per heavy atom. The molecule has 0 bridgehead atoms. The Bertz CT molecular complexity index is 588. The first-order valence-corrected chi connectivity index (χ1v) is 4.93. The highest BCUT2D eigenvalue weighted by molar-refractivity contribution is 6.06. The van der Waals surface area contributed by atoms with E-state index in [1.165, 1.54) is 0 Å². The van der Waals surface area contributed by atoms with E-state index >= 15 is 0 Å². The van der Waals surface area contributed by atoms with Crippen LogP contribution in [0.4, 0.5) is 4.79 Å². The molecule has 1 atom stereocenters. The lowest BCUT2D eigenvalue weighted by Gasteiger charge is -2.04. The second-order valence-corrected chi connectivity index (χ2v) is 3.69. The third-order valence-corrected chi connectivity index (χ3v) is 2.71. The van der Waals surface area contributed by atoms with Gasteiger partial charge < -0.3 is 10.3 Å². The van der Waals surface area contributed by atoms with E-state index in [0.717, 1.165) is 16.5 Å². The number of carbonyl (C=O) groups excluding carboxylic acids is 2. The van der Waals surface area contributed by atoms with Crippen molar-refractivity contribution in [3.63, 3.8) is 0 Å². The zero-order valence-electron chi connectivity index (χ0n) is 8.28. The Morgan fingerprint density at radius 1 is 1.12 bits per heavy atom. The molecule has 0 saturated carbocycles. The minimum absolute atomic E-state index is 0.310. The zero-order chi connectivity index (χ0) is 11.1. The van der Waals surface area contributed by atoms with Gasteiger partial charge in [-0.3, -0.25) is 10.1 Å². The predicted octanol–water partition coefficient (Wildman–Crippen LogP) is 1.05. The molecule has 0 aliphatic carbocycles. The standard InChI is InChI=1S/C11H9N3O2/c15-10-9(13-11(16)14-10)7-5-12-8-4-2-1-3-6(7)8/h1-5,9,12H,(H2,13,14,15,16)/t9-/m0/s1.